The molecule has 1 saturated heterocycles. The third kappa shape index (κ3) is 3.24. The van der Waals surface area contributed by atoms with Crippen LogP contribution in [0.25, 0.3) is 16.7 Å². The first-order chi connectivity index (χ1) is 12.9. The average Bonchev–Trinajstić information content (AvgIpc) is 2.99. The van der Waals surface area contributed by atoms with Gasteiger partial charge in [-0.05, 0) is 43.5 Å². The molecular formula is C19H21N5O2S. The van der Waals surface area contributed by atoms with Crippen LogP contribution in [0.4, 0.5) is 5.82 Å². The Morgan fingerprint density at radius 1 is 1.26 bits per heavy atom. The number of fused-ring (bicyclic) bond motifs is 3. The zero-order valence-electron chi connectivity index (χ0n) is 15.3. The van der Waals surface area contributed by atoms with Gasteiger partial charge in [-0.25, -0.2) is 18.1 Å². The number of pyridine rings is 1. The summed E-state index contributed by atoms with van der Waals surface area (Å²) in [6, 6.07) is 12.1. The van der Waals surface area contributed by atoms with Crippen LogP contribution in [0.5, 0.6) is 0 Å². The van der Waals surface area contributed by atoms with Crippen molar-refractivity contribution in [3.8, 4) is 6.07 Å². The van der Waals surface area contributed by atoms with Gasteiger partial charge in [-0.3, -0.25) is 4.40 Å². The Morgan fingerprint density at radius 3 is 2.63 bits per heavy atom. The van der Waals surface area contributed by atoms with Crippen LogP contribution in [0.15, 0.2) is 30.3 Å². The van der Waals surface area contributed by atoms with Crippen molar-refractivity contribution in [2.24, 2.45) is 0 Å². The second-order valence-electron chi connectivity index (χ2n) is 7.08. The minimum absolute atomic E-state index is 0.0363. The standard InChI is InChI=1S/C19H21N5O2S/c1-13-11-18(23-9-7-14(8-10-23)22-27(2,25)26)24-17-6-4-3-5-16(17)21-19(24)15(13)12-20/h3-6,11,14,22H,7-10H2,1-2H3. The van der Waals surface area contributed by atoms with Crippen molar-refractivity contribution in [3.05, 3.63) is 41.5 Å². The Labute approximate surface area is 158 Å². The maximum absolute atomic E-state index is 11.5. The van der Waals surface area contributed by atoms with E-state index in [4.69, 9.17) is 0 Å². The highest BCUT2D eigenvalue weighted by molar-refractivity contribution is 7.88. The minimum atomic E-state index is -3.20. The van der Waals surface area contributed by atoms with Crippen LogP contribution in [-0.2, 0) is 10.0 Å². The molecule has 1 aliphatic rings. The van der Waals surface area contributed by atoms with Crippen molar-refractivity contribution in [1.29, 1.82) is 5.26 Å². The van der Waals surface area contributed by atoms with Gasteiger partial charge in [-0.2, -0.15) is 5.26 Å². The van der Waals surface area contributed by atoms with Crippen molar-refractivity contribution in [3.63, 3.8) is 0 Å². The number of hydrogen-bond acceptors (Lipinski definition) is 5. The molecule has 1 aliphatic heterocycles. The molecule has 140 valence electrons. The largest absolute Gasteiger partial charge is 0.358 e. The van der Waals surface area contributed by atoms with Crippen LogP contribution < -0.4 is 9.62 Å². The average molecular weight is 383 g/mol. The Hall–Kier alpha value is -2.63. The number of rotatable bonds is 3. The number of nitriles is 1. The summed E-state index contributed by atoms with van der Waals surface area (Å²) in [5.41, 5.74) is 3.98. The van der Waals surface area contributed by atoms with E-state index in [-0.39, 0.29) is 6.04 Å². The molecule has 0 atom stereocenters. The normalized spacial score (nSPS) is 16.1. The topological polar surface area (TPSA) is 90.5 Å². The van der Waals surface area contributed by atoms with Gasteiger partial charge in [-0.1, -0.05) is 12.1 Å². The molecule has 8 heteroatoms. The van der Waals surface area contributed by atoms with Gasteiger partial charge in [0, 0.05) is 19.1 Å². The number of benzene rings is 1. The summed E-state index contributed by atoms with van der Waals surface area (Å²) in [7, 11) is -3.20. The van der Waals surface area contributed by atoms with Crippen molar-refractivity contribution in [2.45, 2.75) is 25.8 Å². The molecule has 0 spiro atoms. The molecule has 3 heterocycles. The molecule has 1 fully saturated rings. The molecule has 0 unspecified atom stereocenters. The number of sulfonamides is 1. The number of nitrogens with zero attached hydrogens (tertiary/aromatic N) is 4. The Morgan fingerprint density at radius 2 is 1.96 bits per heavy atom. The SMILES string of the molecule is Cc1cc(N2CCC(NS(C)(=O)=O)CC2)n2c(nc3ccccc32)c1C#N. The molecule has 0 amide bonds. The lowest BCUT2D eigenvalue weighted by Gasteiger charge is -2.34. The molecule has 7 nitrogen and oxygen atoms in total. The van der Waals surface area contributed by atoms with Crippen molar-refractivity contribution < 1.29 is 8.42 Å². The summed E-state index contributed by atoms with van der Waals surface area (Å²) in [6.07, 6.45) is 2.67. The van der Waals surface area contributed by atoms with Gasteiger partial charge in [0.2, 0.25) is 10.0 Å². The second kappa shape index (κ2) is 6.51. The maximum atomic E-state index is 11.5. The molecule has 27 heavy (non-hydrogen) atoms. The van der Waals surface area contributed by atoms with Crippen molar-refractivity contribution in [2.75, 3.05) is 24.2 Å². The third-order valence-corrected chi connectivity index (χ3v) is 5.83. The Balaban J connectivity index is 1.78. The lowest BCUT2D eigenvalue weighted by molar-refractivity contribution is 0.459. The summed E-state index contributed by atoms with van der Waals surface area (Å²) in [6.45, 7) is 3.40. The fourth-order valence-corrected chi connectivity index (χ4v) is 4.67. The number of aryl methyl sites for hydroxylation is 1. The molecule has 3 aromatic rings. The summed E-state index contributed by atoms with van der Waals surface area (Å²) < 4.78 is 27.7. The van der Waals surface area contributed by atoms with Gasteiger partial charge in [-0.15, -0.1) is 0 Å². The number of hydrogen-bond donors (Lipinski definition) is 1. The highest BCUT2D eigenvalue weighted by atomic mass is 32.2. The second-order valence-corrected chi connectivity index (χ2v) is 8.86. The smallest absolute Gasteiger partial charge is 0.208 e. The zero-order valence-corrected chi connectivity index (χ0v) is 16.1. The van der Waals surface area contributed by atoms with Gasteiger partial charge < -0.3 is 4.90 Å². The van der Waals surface area contributed by atoms with Crippen molar-refractivity contribution in [1.82, 2.24) is 14.1 Å². The monoisotopic (exact) mass is 383 g/mol. The Bertz CT molecular complexity index is 1170. The van der Waals surface area contributed by atoms with Gasteiger partial charge in [0.15, 0.2) is 5.65 Å². The first-order valence-electron chi connectivity index (χ1n) is 8.90. The van der Waals surface area contributed by atoms with E-state index in [2.05, 4.69) is 20.7 Å². The molecule has 4 rings (SSSR count). The van der Waals surface area contributed by atoms with Gasteiger partial charge in [0.25, 0.3) is 0 Å². The van der Waals surface area contributed by atoms with Gasteiger partial charge >= 0.3 is 0 Å². The molecular weight excluding hydrogens is 362 g/mol. The number of piperidine rings is 1. The number of imidazole rings is 1. The number of nitrogens with one attached hydrogen (secondary N) is 1. The van der Waals surface area contributed by atoms with Crippen LogP contribution in [0.1, 0.15) is 24.0 Å². The highest BCUT2D eigenvalue weighted by Crippen LogP contribution is 2.30. The molecule has 0 saturated carbocycles. The fraction of sp³-hybridized carbons (Fsp3) is 0.368. The maximum Gasteiger partial charge on any atom is 0.208 e. The molecule has 1 N–H and O–H groups in total. The summed E-state index contributed by atoms with van der Waals surface area (Å²) in [5, 5.41) is 9.60. The lowest BCUT2D eigenvalue weighted by Crippen LogP contribution is -2.44. The molecule has 1 aromatic carbocycles. The summed E-state index contributed by atoms with van der Waals surface area (Å²) in [4.78, 5) is 6.93. The van der Waals surface area contributed by atoms with Gasteiger partial charge in [0.05, 0.1) is 22.9 Å². The number of para-hydroxylation sites is 2. The van der Waals surface area contributed by atoms with E-state index in [1.54, 1.807) is 0 Å². The third-order valence-electron chi connectivity index (χ3n) is 5.06. The lowest BCUT2D eigenvalue weighted by atomic mass is 10.1. The predicted molar refractivity (Wildman–Crippen MR) is 105 cm³/mol. The van der Waals surface area contributed by atoms with E-state index < -0.39 is 10.0 Å². The molecule has 2 aromatic heterocycles. The summed E-state index contributed by atoms with van der Waals surface area (Å²) in [5.74, 6) is 0.994. The van der Waals surface area contributed by atoms with E-state index in [1.165, 1.54) is 6.26 Å². The van der Waals surface area contributed by atoms with E-state index in [9.17, 15) is 13.7 Å². The van der Waals surface area contributed by atoms with Gasteiger partial charge in [0.1, 0.15) is 11.9 Å². The van der Waals surface area contributed by atoms with Crippen LogP contribution in [0.2, 0.25) is 0 Å². The highest BCUT2D eigenvalue weighted by Gasteiger charge is 2.25. The fourth-order valence-electron chi connectivity index (χ4n) is 3.83. The van der Waals surface area contributed by atoms with Crippen LogP contribution in [0.3, 0.4) is 0 Å². The predicted octanol–water partition coefficient (Wildman–Crippen LogP) is 2.19. The van der Waals surface area contributed by atoms with E-state index >= 15 is 0 Å². The first-order valence-corrected chi connectivity index (χ1v) is 10.8. The van der Waals surface area contributed by atoms with Crippen molar-refractivity contribution >= 4 is 32.5 Å². The first kappa shape index (κ1) is 17.8. The van der Waals surface area contributed by atoms with E-state index in [0.717, 1.165) is 48.3 Å². The van der Waals surface area contributed by atoms with E-state index in [0.29, 0.717) is 11.2 Å². The van der Waals surface area contributed by atoms with Crippen LogP contribution >= 0.6 is 0 Å². The summed E-state index contributed by atoms with van der Waals surface area (Å²) >= 11 is 0. The van der Waals surface area contributed by atoms with Crippen LogP contribution in [-0.4, -0.2) is 43.2 Å². The van der Waals surface area contributed by atoms with Crippen LogP contribution in [0, 0.1) is 18.3 Å². The molecule has 0 radical (unpaired) electrons. The quantitative estimate of drug-likeness (QED) is 0.749. The zero-order chi connectivity index (χ0) is 19.2. The van der Waals surface area contributed by atoms with E-state index in [1.807, 2.05) is 41.7 Å². The molecule has 0 aliphatic carbocycles. The number of anilines is 1. The minimum Gasteiger partial charge on any atom is -0.358 e. The Kier molecular flexibility index (Phi) is 4.29. The number of aromatic nitrogens is 2. The molecule has 0 bridgehead atoms.